The molecule has 0 aliphatic carbocycles. The summed E-state index contributed by atoms with van der Waals surface area (Å²) >= 11 is 5.77. The number of hydrogen-bond acceptors (Lipinski definition) is 4. The Hall–Kier alpha value is -2.81. The quantitative estimate of drug-likeness (QED) is 0.833. The van der Waals surface area contributed by atoms with Crippen molar-refractivity contribution in [1.82, 2.24) is 20.4 Å². The number of nitrogens with one attached hydrogen (secondary N) is 2. The molecule has 1 atom stereocenters. The van der Waals surface area contributed by atoms with Crippen molar-refractivity contribution in [3.8, 4) is 0 Å². The zero-order chi connectivity index (χ0) is 19.7. The van der Waals surface area contributed by atoms with Crippen molar-refractivity contribution in [1.29, 1.82) is 0 Å². The smallest absolute Gasteiger partial charge is 0.322 e. The summed E-state index contributed by atoms with van der Waals surface area (Å²) < 4.78 is 27.4. The fraction of sp³-hybridized carbons (Fsp3) is 0.294. The Morgan fingerprint density at radius 3 is 2.85 bits per heavy atom. The van der Waals surface area contributed by atoms with Crippen LogP contribution in [0.1, 0.15) is 29.8 Å². The number of aryl methyl sites for hydroxylation is 1. The summed E-state index contributed by atoms with van der Waals surface area (Å²) in [5.41, 5.74) is 1.48. The minimum atomic E-state index is -1.04. The first-order chi connectivity index (χ1) is 12.8. The SMILES string of the molecule is Cc1cc(Cl)nnc1C(C)NC(=O)CN1Cc2c(ccc(F)c2F)NC1=O. The second-order valence-corrected chi connectivity index (χ2v) is 6.59. The number of fused-ring (bicyclic) bond motifs is 1. The van der Waals surface area contributed by atoms with Gasteiger partial charge in [0.1, 0.15) is 6.54 Å². The van der Waals surface area contributed by atoms with Crippen molar-refractivity contribution in [2.75, 3.05) is 11.9 Å². The number of nitrogens with zero attached hydrogens (tertiary/aromatic N) is 3. The number of anilines is 1. The highest BCUT2D eigenvalue weighted by atomic mass is 35.5. The van der Waals surface area contributed by atoms with E-state index in [1.807, 2.05) is 0 Å². The number of carbonyl (C=O) groups is 2. The van der Waals surface area contributed by atoms with Crippen LogP contribution in [0.15, 0.2) is 18.2 Å². The summed E-state index contributed by atoms with van der Waals surface area (Å²) in [5, 5.41) is 13.1. The van der Waals surface area contributed by atoms with Crippen LogP contribution in [0.5, 0.6) is 0 Å². The molecule has 1 aromatic heterocycles. The lowest BCUT2D eigenvalue weighted by atomic mass is 10.1. The fourth-order valence-electron chi connectivity index (χ4n) is 2.87. The first-order valence-corrected chi connectivity index (χ1v) is 8.46. The third-order valence-corrected chi connectivity index (χ3v) is 4.37. The molecule has 142 valence electrons. The van der Waals surface area contributed by atoms with Gasteiger partial charge in [0.25, 0.3) is 0 Å². The predicted octanol–water partition coefficient (Wildman–Crippen LogP) is 2.94. The molecule has 1 aromatic carbocycles. The topological polar surface area (TPSA) is 87.2 Å². The molecule has 7 nitrogen and oxygen atoms in total. The van der Waals surface area contributed by atoms with Gasteiger partial charge in [0.15, 0.2) is 16.8 Å². The number of hydrogen-bond donors (Lipinski definition) is 2. The van der Waals surface area contributed by atoms with Crippen LogP contribution in [0.3, 0.4) is 0 Å². The van der Waals surface area contributed by atoms with Crippen molar-refractivity contribution in [3.63, 3.8) is 0 Å². The normalized spacial score (nSPS) is 14.4. The predicted molar refractivity (Wildman–Crippen MR) is 94.1 cm³/mol. The van der Waals surface area contributed by atoms with E-state index in [0.717, 1.165) is 16.5 Å². The molecule has 1 aliphatic heterocycles. The highest BCUT2D eigenvalue weighted by Gasteiger charge is 2.28. The number of aromatic nitrogens is 2. The van der Waals surface area contributed by atoms with Gasteiger partial charge in [0.2, 0.25) is 5.91 Å². The van der Waals surface area contributed by atoms with Gasteiger partial charge in [-0.05, 0) is 37.6 Å². The molecule has 1 aliphatic rings. The van der Waals surface area contributed by atoms with Gasteiger partial charge in [-0.2, -0.15) is 5.10 Å². The van der Waals surface area contributed by atoms with Crippen molar-refractivity contribution < 1.29 is 18.4 Å². The van der Waals surface area contributed by atoms with Gasteiger partial charge in [-0.1, -0.05) is 11.6 Å². The standard InChI is InChI=1S/C17H16ClF2N5O2/c1-8-5-13(18)23-24-16(8)9(2)21-14(26)7-25-6-10-12(22-17(25)27)4-3-11(19)15(10)20/h3-5,9H,6-7H2,1-2H3,(H,21,26)(H,22,27). The Morgan fingerprint density at radius 2 is 2.15 bits per heavy atom. The maximum atomic E-state index is 14.0. The van der Waals surface area contributed by atoms with Crippen LogP contribution < -0.4 is 10.6 Å². The summed E-state index contributed by atoms with van der Waals surface area (Å²) in [4.78, 5) is 25.5. The minimum Gasteiger partial charge on any atom is -0.346 e. The van der Waals surface area contributed by atoms with Crippen LogP contribution in [0.25, 0.3) is 0 Å². The van der Waals surface area contributed by atoms with Crippen LogP contribution in [0, 0.1) is 18.6 Å². The van der Waals surface area contributed by atoms with Crippen molar-refractivity contribution in [3.05, 3.63) is 51.8 Å². The van der Waals surface area contributed by atoms with Gasteiger partial charge >= 0.3 is 6.03 Å². The summed E-state index contributed by atoms with van der Waals surface area (Å²) in [6.45, 7) is 2.95. The first kappa shape index (κ1) is 19.0. The van der Waals surface area contributed by atoms with E-state index in [2.05, 4.69) is 20.8 Å². The first-order valence-electron chi connectivity index (χ1n) is 8.08. The van der Waals surface area contributed by atoms with Crippen LogP contribution in [-0.4, -0.2) is 33.6 Å². The van der Waals surface area contributed by atoms with E-state index < -0.39 is 29.6 Å². The zero-order valence-corrected chi connectivity index (χ0v) is 15.3. The number of urea groups is 1. The van der Waals surface area contributed by atoms with E-state index in [4.69, 9.17) is 11.6 Å². The van der Waals surface area contributed by atoms with Crippen LogP contribution in [0.2, 0.25) is 5.15 Å². The highest BCUT2D eigenvalue weighted by Crippen LogP contribution is 2.27. The lowest BCUT2D eigenvalue weighted by Gasteiger charge is -2.29. The molecule has 10 heteroatoms. The Kier molecular flexibility index (Phi) is 5.22. The fourth-order valence-corrected chi connectivity index (χ4v) is 3.07. The number of rotatable bonds is 4. The minimum absolute atomic E-state index is 0.00476. The summed E-state index contributed by atoms with van der Waals surface area (Å²) in [5.74, 6) is -2.54. The molecule has 2 N–H and O–H groups in total. The molecular weight excluding hydrogens is 380 g/mol. The van der Waals surface area contributed by atoms with Gasteiger partial charge in [-0.25, -0.2) is 13.6 Å². The molecule has 0 saturated heterocycles. The molecule has 3 rings (SSSR count). The number of benzene rings is 1. The second kappa shape index (κ2) is 7.43. The Morgan fingerprint density at radius 1 is 1.41 bits per heavy atom. The van der Waals surface area contributed by atoms with Crippen LogP contribution in [0.4, 0.5) is 19.3 Å². The lowest BCUT2D eigenvalue weighted by molar-refractivity contribution is -0.122. The van der Waals surface area contributed by atoms with Gasteiger partial charge in [0.05, 0.1) is 24.0 Å². The average Bonchev–Trinajstić information content (AvgIpc) is 2.59. The van der Waals surface area contributed by atoms with E-state index in [1.165, 1.54) is 6.07 Å². The van der Waals surface area contributed by atoms with E-state index in [1.54, 1.807) is 19.9 Å². The second-order valence-electron chi connectivity index (χ2n) is 6.20. The lowest BCUT2D eigenvalue weighted by Crippen LogP contribution is -2.45. The molecule has 0 bridgehead atoms. The van der Waals surface area contributed by atoms with E-state index in [0.29, 0.717) is 5.69 Å². The molecule has 0 fully saturated rings. The molecule has 2 heterocycles. The molecular formula is C17H16ClF2N5O2. The molecule has 0 radical (unpaired) electrons. The van der Waals surface area contributed by atoms with Crippen molar-refractivity contribution in [2.45, 2.75) is 26.4 Å². The van der Waals surface area contributed by atoms with Gasteiger partial charge in [0, 0.05) is 5.56 Å². The zero-order valence-electron chi connectivity index (χ0n) is 14.5. The van der Waals surface area contributed by atoms with Crippen LogP contribution in [-0.2, 0) is 11.3 Å². The largest absolute Gasteiger partial charge is 0.346 e. The number of carbonyl (C=O) groups excluding carboxylic acids is 2. The van der Waals surface area contributed by atoms with E-state index in [9.17, 15) is 18.4 Å². The maximum absolute atomic E-state index is 14.0. The molecule has 2 aromatic rings. The van der Waals surface area contributed by atoms with Gasteiger partial charge < -0.3 is 15.5 Å². The average molecular weight is 396 g/mol. The number of amides is 3. The molecule has 0 saturated carbocycles. The Balaban J connectivity index is 1.68. The summed E-state index contributed by atoms with van der Waals surface area (Å²) in [6, 6.07) is 2.80. The van der Waals surface area contributed by atoms with Crippen molar-refractivity contribution >= 4 is 29.2 Å². The summed E-state index contributed by atoms with van der Waals surface area (Å²) in [6.07, 6.45) is 0. The number of halogens is 3. The van der Waals surface area contributed by atoms with E-state index >= 15 is 0 Å². The van der Waals surface area contributed by atoms with Crippen LogP contribution >= 0.6 is 11.6 Å². The molecule has 27 heavy (non-hydrogen) atoms. The maximum Gasteiger partial charge on any atom is 0.322 e. The Bertz CT molecular complexity index is 924. The van der Waals surface area contributed by atoms with Crippen molar-refractivity contribution in [2.24, 2.45) is 0 Å². The highest BCUT2D eigenvalue weighted by molar-refractivity contribution is 6.29. The third-order valence-electron chi connectivity index (χ3n) is 4.19. The molecule has 1 unspecified atom stereocenters. The monoisotopic (exact) mass is 395 g/mol. The summed E-state index contributed by atoms with van der Waals surface area (Å²) in [7, 11) is 0. The molecule has 3 amide bonds. The van der Waals surface area contributed by atoms with E-state index in [-0.39, 0.29) is 29.5 Å². The van der Waals surface area contributed by atoms with Gasteiger partial charge in [-0.15, -0.1) is 5.10 Å². The molecule has 0 spiro atoms. The Labute approximate surface area is 158 Å². The third kappa shape index (κ3) is 3.97. The van der Waals surface area contributed by atoms with Gasteiger partial charge in [-0.3, -0.25) is 4.79 Å².